The number of carbonyl (C=O) groups is 2. The van der Waals surface area contributed by atoms with E-state index in [4.69, 9.17) is 10.2 Å². The van der Waals surface area contributed by atoms with Crippen LogP contribution in [-0.2, 0) is 14.2 Å². The van der Waals surface area contributed by atoms with Gasteiger partial charge in [0.25, 0.3) is 0 Å². The van der Waals surface area contributed by atoms with Crippen molar-refractivity contribution in [3.63, 3.8) is 0 Å². The van der Waals surface area contributed by atoms with Gasteiger partial charge in [0, 0.05) is 12.3 Å². The van der Waals surface area contributed by atoms with Gasteiger partial charge in [-0.3, -0.25) is 9.59 Å². The van der Waals surface area contributed by atoms with Gasteiger partial charge < -0.3 is 14.8 Å². The van der Waals surface area contributed by atoms with E-state index in [0.29, 0.717) is 0 Å². The van der Waals surface area contributed by atoms with Gasteiger partial charge in [-0.25, -0.2) is 0 Å². The normalized spacial score (nSPS) is 18.9. The van der Waals surface area contributed by atoms with Crippen LogP contribution in [0.1, 0.15) is 13.8 Å². The summed E-state index contributed by atoms with van der Waals surface area (Å²) < 4.78 is 11.9. The molecule has 6 heteroatoms. The van der Waals surface area contributed by atoms with Gasteiger partial charge in [0.05, 0.1) is 19.0 Å². The molecule has 0 aromatic rings. The van der Waals surface area contributed by atoms with Crippen LogP contribution in [0.3, 0.4) is 0 Å². The molecule has 0 aromatic heterocycles. The Hall–Kier alpha value is -0.830. The maximum absolute atomic E-state index is 11.9. The summed E-state index contributed by atoms with van der Waals surface area (Å²) in [4.78, 5) is 21.1. The predicted octanol–water partition coefficient (Wildman–Crippen LogP) is 1.42. The number of carboxylic acids is 2. The van der Waals surface area contributed by atoms with E-state index in [9.17, 15) is 14.2 Å². The van der Waals surface area contributed by atoms with Crippen molar-refractivity contribution in [1.29, 1.82) is 0 Å². The van der Waals surface area contributed by atoms with E-state index in [1.54, 1.807) is 0 Å². The third-order valence-corrected chi connectivity index (χ3v) is 4.80. The first-order valence-electron chi connectivity index (χ1n) is 4.67. The maximum atomic E-state index is 11.9. The molecule has 0 saturated carbocycles. The summed E-state index contributed by atoms with van der Waals surface area (Å²) in [5, 5.41) is 17.3. The third-order valence-electron chi connectivity index (χ3n) is 2.16. The first kappa shape index (κ1) is 14.2. The minimum atomic E-state index is -2.67. The summed E-state index contributed by atoms with van der Waals surface area (Å²) in [6.45, 7) is 4.42. The topological polar surface area (TPSA) is 91.7 Å². The summed E-state index contributed by atoms with van der Waals surface area (Å²) in [7, 11) is -2.67. The molecule has 5 nitrogen and oxygen atoms in total. The molecule has 0 aliphatic carbocycles. The van der Waals surface area contributed by atoms with Gasteiger partial charge in [0.15, 0.2) is 0 Å². The van der Waals surface area contributed by atoms with Gasteiger partial charge in [-0.1, -0.05) is 13.8 Å². The molecule has 88 valence electrons. The summed E-state index contributed by atoms with van der Waals surface area (Å²) in [5.41, 5.74) is 0. The van der Waals surface area contributed by atoms with Crippen LogP contribution >= 0.6 is 7.14 Å². The molecule has 0 fully saturated rings. The van der Waals surface area contributed by atoms with Crippen molar-refractivity contribution >= 4 is 19.1 Å². The average molecular weight is 236 g/mol. The van der Waals surface area contributed by atoms with Gasteiger partial charge in [-0.2, -0.15) is 0 Å². The number of rotatable bonds is 6. The second-order valence-electron chi connectivity index (χ2n) is 4.14. The minimum Gasteiger partial charge on any atom is -0.481 e. The van der Waals surface area contributed by atoms with E-state index in [2.05, 4.69) is 0 Å². The average Bonchev–Trinajstić information content (AvgIpc) is 2.01. The SMILES string of the molecule is CC(CP(C)(=O)CC(C)C(=O)O)C(=O)O. The fraction of sp³-hybridized carbons (Fsp3) is 0.778. The third kappa shape index (κ3) is 5.57. The first-order chi connectivity index (χ1) is 6.65. The molecule has 0 bridgehead atoms. The van der Waals surface area contributed by atoms with E-state index in [-0.39, 0.29) is 12.3 Å². The van der Waals surface area contributed by atoms with Gasteiger partial charge in [0.1, 0.15) is 0 Å². The Balaban J connectivity index is 4.37. The molecule has 0 spiro atoms. The highest BCUT2D eigenvalue weighted by atomic mass is 31.2. The molecule has 2 unspecified atom stereocenters. The molecule has 2 N–H and O–H groups in total. The Bertz CT molecular complexity index is 273. The highest BCUT2D eigenvalue weighted by molar-refractivity contribution is 7.63. The zero-order chi connectivity index (χ0) is 12.2. The van der Waals surface area contributed by atoms with Gasteiger partial charge >= 0.3 is 11.9 Å². The zero-order valence-corrected chi connectivity index (χ0v) is 10.0. The summed E-state index contributed by atoms with van der Waals surface area (Å²) in [6, 6.07) is 0. The summed E-state index contributed by atoms with van der Waals surface area (Å²) >= 11 is 0. The van der Waals surface area contributed by atoms with Crippen molar-refractivity contribution in [1.82, 2.24) is 0 Å². The Morgan fingerprint density at radius 1 is 1.07 bits per heavy atom. The molecule has 0 aromatic carbocycles. The standard InChI is InChI=1S/C9H17O5P/c1-6(8(10)11)4-15(3,14)5-7(2)9(12)13/h6-7H,4-5H2,1-3H3,(H,10,11)(H,12,13). The molecule has 15 heavy (non-hydrogen) atoms. The Kier molecular flexibility index (Phi) is 5.01. The van der Waals surface area contributed by atoms with Crippen LogP contribution in [0.4, 0.5) is 0 Å². The van der Waals surface area contributed by atoms with Crippen LogP contribution in [0.15, 0.2) is 0 Å². The Labute approximate surface area is 88.9 Å². The Morgan fingerprint density at radius 2 is 1.33 bits per heavy atom. The van der Waals surface area contributed by atoms with Crippen LogP contribution in [0, 0.1) is 11.8 Å². The van der Waals surface area contributed by atoms with Crippen LogP contribution in [-0.4, -0.2) is 41.1 Å². The van der Waals surface area contributed by atoms with E-state index in [1.807, 2.05) is 0 Å². The van der Waals surface area contributed by atoms with Crippen LogP contribution in [0.25, 0.3) is 0 Å². The molecule has 0 rings (SSSR count). The van der Waals surface area contributed by atoms with Crippen molar-refractivity contribution in [3.05, 3.63) is 0 Å². The molecular formula is C9H17O5P. The summed E-state index contributed by atoms with van der Waals surface area (Å²) in [6.07, 6.45) is 0.111. The molecule has 0 radical (unpaired) electrons. The lowest BCUT2D eigenvalue weighted by atomic mass is 10.2. The van der Waals surface area contributed by atoms with Crippen LogP contribution in [0.5, 0.6) is 0 Å². The van der Waals surface area contributed by atoms with E-state index < -0.39 is 30.9 Å². The molecule has 0 aliphatic rings. The van der Waals surface area contributed by atoms with Crippen LogP contribution in [0.2, 0.25) is 0 Å². The molecule has 0 aliphatic heterocycles. The fourth-order valence-electron chi connectivity index (χ4n) is 1.39. The second kappa shape index (κ2) is 5.31. The van der Waals surface area contributed by atoms with E-state index in [0.717, 1.165) is 0 Å². The van der Waals surface area contributed by atoms with Gasteiger partial charge in [-0.15, -0.1) is 0 Å². The molecular weight excluding hydrogens is 219 g/mol. The fourth-order valence-corrected chi connectivity index (χ4v) is 4.17. The number of carboxylic acid groups (broad SMARTS) is 2. The lowest BCUT2D eigenvalue weighted by Gasteiger charge is -2.17. The lowest BCUT2D eigenvalue weighted by molar-refractivity contribution is -0.141. The maximum Gasteiger partial charge on any atom is 0.306 e. The minimum absolute atomic E-state index is 0.0555. The van der Waals surface area contributed by atoms with Crippen molar-refractivity contribution in [2.24, 2.45) is 11.8 Å². The largest absolute Gasteiger partial charge is 0.481 e. The van der Waals surface area contributed by atoms with E-state index in [1.165, 1.54) is 20.5 Å². The van der Waals surface area contributed by atoms with Crippen molar-refractivity contribution < 1.29 is 24.4 Å². The lowest BCUT2D eigenvalue weighted by Crippen LogP contribution is -2.19. The number of hydrogen-bond acceptors (Lipinski definition) is 3. The first-order valence-corrected chi connectivity index (χ1v) is 7.19. The highest BCUT2D eigenvalue weighted by Gasteiger charge is 2.27. The quantitative estimate of drug-likeness (QED) is 0.680. The van der Waals surface area contributed by atoms with Crippen molar-refractivity contribution in [2.75, 3.05) is 19.0 Å². The monoisotopic (exact) mass is 236 g/mol. The molecule has 0 heterocycles. The molecule has 2 atom stereocenters. The molecule has 0 amide bonds. The van der Waals surface area contributed by atoms with Gasteiger partial charge in [-0.05, 0) is 6.66 Å². The smallest absolute Gasteiger partial charge is 0.306 e. The van der Waals surface area contributed by atoms with Crippen molar-refractivity contribution in [3.8, 4) is 0 Å². The predicted molar refractivity (Wildman–Crippen MR) is 56.9 cm³/mol. The summed E-state index contributed by atoms with van der Waals surface area (Å²) in [5.74, 6) is -3.39. The highest BCUT2D eigenvalue weighted by Crippen LogP contribution is 2.44. The van der Waals surface area contributed by atoms with Gasteiger partial charge in [0.2, 0.25) is 0 Å². The number of hydrogen-bond donors (Lipinski definition) is 2. The molecule has 0 saturated heterocycles. The van der Waals surface area contributed by atoms with E-state index >= 15 is 0 Å². The van der Waals surface area contributed by atoms with Crippen molar-refractivity contribution in [2.45, 2.75) is 13.8 Å². The zero-order valence-electron chi connectivity index (χ0n) is 9.14. The number of aliphatic carboxylic acids is 2. The van der Waals surface area contributed by atoms with Crippen LogP contribution < -0.4 is 0 Å². The second-order valence-corrected chi connectivity index (χ2v) is 7.46. The Morgan fingerprint density at radius 3 is 1.53 bits per heavy atom.